The first-order valence-electron chi connectivity index (χ1n) is 9.81. The fourth-order valence-electron chi connectivity index (χ4n) is 2.67. The first kappa shape index (κ1) is 21.4. The SMILES string of the molecule is CCCCc1ccc(NC(=O)COC(=O)/C=C/c2ccc(C(C)C)cc2)cc1. The first-order chi connectivity index (χ1) is 13.5. The standard InChI is InChI=1S/C24H29NO3/c1-4-5-6-19-9-14-22(15-10-19)25-23(26)17-28-24(27)16-11-20-7-12-21(13-8-20)18(2)3/h7-16,18H,4-6,17H2,1-3H3,(H,25,26)/b16-11+. The molecule has 0 spiro atoms. The van der Waals surface area contributed by atoms with Crippen molar-refractivity contribution in [1.82, 2.24) is 0 Å². The zero-order valence-electron chi connectivity index (χ0n) is 16.9. The van der Waals surface area contributed by atoms with Crippen LogP contribution in [0.5, 0.6) is 0 Å². The van der Waals surface area contributed by atoms with E-state index in [0.717, 1.165) is 24.8 Å². The van der Waals surface area contributed by atoms with E-state index in [-0.39, 0.29) is 12.5 Å². The number of hydrogen-bond acceptors (Lipinski definition) is 3. The summed E-state index contributed by atoms with van der Waals surface area (Å²) in [5.74, 6) is -0.434. The molecule has 1 amide bonds. The summed E-state index contributed by atoms with van der Waals surface area (Å²) in [7, 11) is 0. The van der Waals surface area contributed by atoms with E-state index in [2.05, 4.69) is 26.1 Å². The van der Waals surface area contributed by atoms with Gasteiger partial charge >= 0.3 is 5.97 Å². The molecule has 2 aromatic carbocycles. The summed E-state index contributed by atoms with van der Waals surface area (Å²) < 4.78 is 5.00. The van der Waals surface area contributed by atoms with Crippen molar-refractivity contribution in [2.45, 2.75) is 46.0 Å². The lowest BCUT2D eigenvalue weighted by atomic mass is 10.0. The molecule has 4 nitrogen and oxygen atoms in total. The number of rotatable bonds is 9. The molecular weight excluding hydrogens is 350 g/mol. The number of aryl methyl sites for hydroxylation is 1. The molecule has 0 heterocycles. The minimum atomic E-state index is -0.544. The monoisotopic (exact) mass is 379 g/mol. The van der Waals surface area contributed by atoms with Gasteiger partial charge in [0.25, 0.3) is 5.91 Å². The van der Waals surface area contributed by atoms with E-state index >= 15 is 0 Å². The molecule has 0 bridgehead atoms. The second-order valence-corrected chi connectivity index (χ2v) is 7.11. The Bertz CT molecular complexity index is 790. The van der Waals surface area contributed by atoms with Gasteiger partial charge in [0, 0.05) is 11.8 Å². The van der Waals surface area contributed by atoms with Gasteiger partial charge in [0.05, 0.1) is 0 Å². The summed E-state index contributed by atoms with van der Waals surface area (Å²) in [6.07, 6.45) is 6.35. The first-order valence-corrected chi connectivity index (χ1v) is 9.81. The Labute approximate surface area is 167 Å². The van der Waals surface area contributed by atoms with Crippen molar-refractivity contribution in [2.75, 3.05) is 11.9 Å². The van der Waals surface area contributed by atoms with Gasteiger partial charge in [-0.2, -0.15) is 0 Å². The normalized spacial score (nSPS) is 11.0. The number of ether oxygens (including phenoxy) is 1. The van der Waals surface area contributed by atoms with Gasteiger partial charge in [0.1, 0.15) is 0 Å². The van der Waals surface area contributed by atoms with Gasteiger partial charge in [0.2, 0.25) is 0 Å². The molecule has 0 aliphatic carbocycles. The van der Waals surface area contributed by atoms with E-state index in [4.69, 9.17) is 4.74 Å². The van der Waals surface area contributed by atoms with Crippen LogP contribution < -0.4 is 5.32 Å². The van der Waals surface area contributed by atoms with Gasteiger partial charge in [-0.15, -0.1) is 0 Å². The van der Waals surface area contributed by atoms with Crippen LogP contribution >= 0.6 is 0 Å². The minimum absolute atomic E-state index is 0.312. The second-order valence-electron chi connectivity index (χ2n) is 7.11. The molecule has 0 aliphatic rings. The molecule has 0 radical (unpaired) electrons. The van der Waals surface area contributed by atoms with Crippen LogP contribution in [0.25, 0.3) is 6.08 Å². The fraction of sp³-hybridized carbons (Fsp3) is 0.333. The third kappa shape index (κ3) is 7.39. The van der Waals surface area contributed by atoms with E-state index in [0.29, 0.717) is 11.6 Å². The maximum atomic E-state index is 11.9. The van der Waals surface area contributed by atoms with Crippen molar-refractivity contribution < 1.29 is 14.3 Å². The highest BCUT2D eigenvalue weighted by Crippen LogP contribution is 2.15. The predicted octanol–water partition coefficient (Wildman–Crippen LogP) is 5.35. The molecule has 0 atom stereocenters. The average molecular weight is 380 g/mol. The quantitative estimate of drug-likeness (QED) is 0.472. The van der Waals surface area contributed by atoms with Crippen molar-refractivity contribution in [1.29, 1.82) is 0 Å². The summed E-state index contributed by atoms with van der Waals surface area (Å²) in [5, 5.41) is 2.73. The Hall–Kier alpha value is -2.88. The van der Waals surface area contributed by atoms with Gasteiger partial charge in [-0.25, -0.2) is 4.79 Å². The van der Waals surface area contributed by atoms with Crippen LogP contribution in [0.4, 0.5) is 5.69 Å². The summed E-state index contributed by atoms with van der Waals surface area (Å²) in [6.45, 7) is 6.11. The Balaban J connectivity index is 1.76. The predicted molar refractivity (Wildman–Crippen MR) is 114 cm³/mol. The lowest BCUT2D eigenvalue weighted by Crippen LogP contribution is -2.20. The third-order valence-electron chi connectivity index (χ3n) is 4.42. The number of esters is 1. The average Bonchev–Trinajstić information content (AvgIpc) is 2.70. The van der Waals surface area contributed by atoms with Crippen LogP contribution in [0.1, 0.15) is 56.2 Å². The Kier molecular flexibility index (Phi) is 8.47. The maximum absolute atomic E-state index is 11.9. The molecule has 0 unspecified atom stereocenters. The number of carbonyl (C=O) groups is 2. The lowest BCUT2D eigenvalue weighted by Gasteiger charge is -2.07. The number of nitrogens with one attached hydrogen (secondary N) is 1. The molecule has 0 saturated heterocycles. The van der Waals surface area contributed by atoms with E-state index in [9.17, 15) is 9.59 Å². The van der Waals surface area contributed by atoms with Crippen LogP contribution in [-0.4, -0.2) is 18.5 Å². The highest BCUT2D eigenvalue weighted by molar-refractivity contribution is 5.94. The van der Waals surface area contributed by atoms with Crippen molar-refractivity contribution >= 4 is 23.6 Å². The van der Waals surface area contributed by atoms with Crippen molar-refractivity contribution in [3.05, 3.63) is 71.3 Å². The van der Waals surface area contributed by atoms with Crippen LogP contribution in [0.3, 0.4) is 0 Å². The smallest absolute Gasteiger partial charge is 0.331 e. The van der Waals surface area contributed by atoms with E-state index in [1.807, 2.05) is 48.5 Å². The summed E-state index contributed by atoms with van der Waals surface area (Å²) in [4.78, 5) is 23.7. The highest BCUT2D eigenvalue weighted by Gasteiger charge is 2.06. The van der Waals surface area contributed by atoms with Crippen LogP contribution in [0, 0.1) is 0 Å². The summed E-state index contributed by atoms with van der Waals surface area (Å²) in [5.41, 5.74) is 4.10. The molecule has 1 N–H and O–H groups in total. The molecular formula is C24H29NO3. The molecule has 148 valence electrons. The molecule has 2 aromatic rings. The van der Waals surface area contributed by atoms with Crippen LogP contribution in [-0.2, 0) is 20.7 Å². The summed E-state index contributed by atoms with van der Waals surface area (Å²) >= 11 is 0. The molecule has 0 aromatic heterocycles. The molecule has 0 aliphatic heterocycles. The third-order valence-corrected chi connectivity index (χ3v) is 4.42. The summed E-state index contributed by atoms with van der Waals surface area (Å²) in [6, 6.07) is 15.7. The van der Waals surface area contributed by atoms with Crippen molar-refractivity contribution in [3.63, 3.8) is 0 Å². The van der Waals surface area contributed by atoms with E-state index in [1.54, 1.807) is 6.08 Å². The molecule has 4 heteroatoms. The van der Waals surface area contributed by atoms with E-state index < -0.39 is 5.97 Å². The van der Waals surface area contributed by atoms with Gasteiger partial charge in [-0.05, 0) is 53.7 Å². The van der Waals surface area contributed by atoms with Gasteiger partial charge in [-0.1, -0.05) is 63.6 Å². The second kappa shape index (κ2) is 11.1. The Morgan fingerprint density at radius 2 is 1.71 bits per heavy atom. The Morgan fingerprint density at radius 1 is 1.04 bits per heavy atom. The topological polar surface area (TPSA) is 55.4 Å². The zero-order valence-corrected chi connectivity index (χ0v) is 16.9. The molecule has 28 heavy (non-hydrogen) atoms. The van der Waals surface area contributed by atoms with Gasteiger partial charge < -0.3 is 10.1 Å². The van der Waals surface area contributed by atoms with Gasteiger partial charge in [0.15, 0.2) is 6.61 Å². The number of benzene rings is 2. The molecule has 2 rings (SSSR count). The number of anilines is 1. The lowest BCUT2D eigenvalue weighted by molar-refractivity contribution is -0.142. The molecule has 0 saturated carbocycles. The van der Waals surface area contributed by atoms with Crippen LogP contribution in [0.2, 0.25) is 0 Å². The highest BCUT2D eigenvalue weighted by atomic mass is 16.5. The number of amides is 1. The fourth-order valence-corrected chi connectivity index (χ4v) is 2.67. The number of unbranched alkanes of at least 4 members (excludes halogenated alkanes) is 1. The maximum Gasteiger partial charge on any atom is 0.331 e. The van der Waals surface area contributed by atoms with E-state index in [1.165, 1.54) is 17.2 Å². The largest absolute Gasteiger partial charge is 0.452 e. The number of carbonyl (C=O) groups excluding carboxylic acids is 2. The minimum Gasteiger partial charge on any atom is -0.452 e. The number of hydrogen-bond donors (Lipinski definition) is 1. The van der Waals surface area contributed by atoms with Crippen molar-refractivity contribution in [3.8, 4) is 0 Å². The van der Waals surface area contributed by atoms with Gasteiger partial charge in [-0.3, -0.25) is 4.79 Å². The Morgan fingerprint density at radius 3 is 2.32 bits per heavy atom. The molecule has 0 fully saturated rings. The zero-order chi connectivity index (χ0) is 20.4. The van der Waals surface area contributed by atoms with Crippen molar-refractivity contribution in [2.24, 2.45) is 0 Å². The van der Waals surface area contributed by atoms with Crippen LogP contribution in [0.15, 0.2) is 54.6 Å².